The molecule has 3 rings (SSSR count). The molecular weight excluding hydrogens is 424 g/mol. The third-order valence-electron chi connectivity index (χ3n) is 4.56. The molecule has 0 aliphatic carbocycles. The maximum atomic E-state index is 12.3. The number of benzene rings is 2. The molecule has 0 aliphatic heterocycles. The van der Waals surface area contributed by atoms with Gasteiger partial charge in [0, 0.05) is 42.9 Å². The summed E-state index contributed by atoms with van der Waals surface area (Å²) in [5.74, 6) is -0.598. The number of ether oxygens (including phenoxy) is 1. The Labute approximate surface area is 191 Å². The lowest BCUT2D eigenvalue weighted by atomic mass is 10.2. The van der Waals surface area contributed by atoms with E-state index in [0.717, 1.165) is 6.42 Å². The summed E-state index contributed by atoms with van der Waals surface area (Å²) in [6.07, 6.45) is 2.17. The van der Waals surface area contributed by atoms with Crippen molar-refractivity contribution >= 4 is 34.8 Å². The Kier molecular flexibility index (Phi) is 8.61. The van der Waals surface area contributed by atoms with Crippen molar-refractivity contribution < 1.29 is 23.5 Å². The Hall–Kier alpha value is -4.11. The van der Waals surface area contributed by atoms with Crippen molar-refractivity contribution in [3.8, 4) is 0 Å². The molecule has 0 unspecified atom stereocenters. The predicted molar refractivity (Wildman–Crippen MR) is 125 cm³/mol. The van der Waals surface area contributed by atoms with Gasteiger partial charge in [0.25, 0.3) is 11.8 Å². The van der Waals surface area contributed by atoms with Gasteiger partial charge in [-0.1, -0.05) is 6.07 Å². The highest BCUT2D eigenvalue weighted by Gasteiger charge is 2.10. The van der Waals surface area contributed by atoms with E-state index in [2.05, 4.69) is 21.3 Å². The molecule has 33 heavy (non-hydrogen) atoms. The second-order valence-corrected chi connectivity index (χ2v) is 7.09. The van der Waals surface area contributed by atoms with E-state index in [1.807, 2.05) is 0 Å². The lowest BCUT2D eigenvalue weighted by Gasteiger charge is -2.10. The topological polar surface area (TPSA) is 122 Å². The Morgan fingerprint density at radius 3 is 2.33 bits per heavy atom. The number of methoxy groups -OCH3 is 1. The first-order chi connectivity index (χ1) is 16.0. The van der Waals surface area contributed by atoms with Crippen LogP contribution >= 0.6 is 0 Å². The molecule has 3 aromatic rings. The van der Waals surface area contributed by atoms with Gasteiger partial charge >= 0.3 is 0 Å². The molecule has 4 N–H and O–H groups in total. The van der Waals surface area contributed by atoms with Crippen LogP contribution in [0.5, 0.6) is 0 Å². The van der Waals surface area contributed by atoms with Crippen molar-refractivity contribution in [3.63, 3.8) is 0 Å². The smallest absolute Gasteiger partial charge is 0.291 e. The molecule has 0 saturated carbocycles. The summed E-state index contributed by atoms with van der Waals surface area (Å²) in [6.45, 7) is 1.17. The van der Waals surface area contributed by atoms with Gasteiger partial charge in [-0.2, -0.15) is 0 Å². The van der Waals surface area contributed by atoms with E-state index < -0.39 is 0 Å². The zero-order valence-corrected chi connectivity index (χ0v) is 18.2. The minimum atomic E-state index is -0.378. The Balaban J connectivity index is 1.45. The van der Waals surface area contributed by atoms with Gasteiger partial charge in [-0.05, 0) is 61.0 Å². The highest BCUT2D eigenvalue weighted by atomic mass is 16.5. The molecule has 9 heteroatoms. The van der Waals surface area contributed by atoms with E-state index in [1.54, 1.807) is 67.8 Å². The molecule has 0 atom stereocenters. The molecule has 1 aromatic heterocycles. The Bertz CT molecular complexity index is 1060. The zero-order valence-electron chi connectivity index (χ0n) is 18.2. The molecule has 0 fully saturated rings. The fourth-order valence-electron chi connectivity index (χ4n) is 2.92. The van der Waals surface area contributed by atoms with Gasteiger partial charge in [0.05, 0.1) is 12.8 Å². The number of hydrogen-bond acceptors (Lipinski definition) is 6. The first-order valence-electron chi connectivity index (χ1n) is 10.4. The predicted octanol–water partition coefficient (Wildman–Crippen LogP) is 3.35. The highest BCUT2D eigenvalue weighted by molar-refractivity contribution is 6.03. The number of hydrogen-bond donors (Lipinski definition) is 4. The number of carbonyl (C=O) groups is 3. The van der Waals surface area contributed by atoms with Crippen LogP contribution in [0.4, 0.5) is 17.1 Å². The normalized spacial score (nSPS) is 10.3. The maximum Gasteiger partial charge on any atom is 0.291 e. The van der Waals surface area contributed by atoms with Gasteiger partial charge in [0.1, 0.15) is 0 Å². The van der Waals surface area contributed by atoms with Crippen molar-refractivity contribution in [2.45, 2.75) is 6.42 Å². The minimum absolute atomic E-state index is 0.0333. The summed E-state index contributed by atoms with van der Waals surface area (Å²) < 4.78 is 10.0. The monoisotopic (exact) mass is 450 g/mol. The quantitative estimate of drug-likeness (QED) is 0.333. The van der Waals surface area contributed by atoms with Gasteiger partial charge in [-0.3, -0.25) is 14.4 Å². The van der Waals surface area contributed by atoms with Crippen LogP contribution in [0.2, 0.25) is 0 Å². The van der Waals surface area contributed by atoms with E-state index in [9.17, 15) is 14.4 Å². The van der Waals surface area contributed by atoms with Crippen LogP contribution in [0, 0.1) is 0 Å². The average Bonchev–Trinajstić information content (AvgIpc) is 3.36. The Morgan fingerprint density at radius 2 is 1.64 bits per heavy atom. The van der Waals surface area contributed by atoms with Crippen molar-refractivity contribution in [2.24, 2.45) is 0 Å². The van der Waals surface area contributed by atoms with Gasteiger partial charge < -0.3 is 30.4 Å². The van der Waals surface area contributed by atoms with Gasteiger partial charge in [-0.15, -0.1) is 0 Å². The molecule has 0 radical (unpaired) electrons. The van der Waals surface area contributed by atoms with Crippen LogP contribution in [0.3, 0.4) is 0 Å². The van der Waals surface area contributed by atoms with Gasteiger partial charge in [0.15, 0.2) is 5.76 Å². The fourth-order valence-corrected chi connectivity index (χ4v) is 2.92. The largest absolute Gasteiger partial charge is 0.459 e. The second-order valence-electron chi connectivity index (χ2n) is 7.09. The molecular formula is C24H26N4O5. The molecule has 0 aliphatic rings. The molecule has 1 heterocycles. The fraction of sp³-hybridized carbons (Fsp3) is 0.208. The van der Waals surface area contributed by atoms with Crippen LogP contribution in [0.1, 0.15) is 27.3 Å². The number of carbonyl (C=O) groups excluding carboxylic acids is 3. The van der Waals surface area contributed by atoms with E-state index in [0.29, 0.717) is 35.8 Å². The molecule has 2 aromatic carbocycles. The summed E-state index contributed by atoms with van der Waals surface area (Å²) in [7, 11) is 1.62. The van der Waals surface area contributed by atoms with Crippen LogP contribution in [0.25, 0.3) is 0 Å². The van der Waals surface area contributed by atoms with E-state index in [-0.39, 0.29) is 30.0 Å². The standard InChI is InChI=1S/C24H26N4O5/c1-32-13-4-12-25-23(30)17-8-10-18(11-9-17)26-16-22(29)27-19-5-2-6-20(15-19)28-24(31)21-7-3-14-33-21/h2-3,5-11,14-15,26H,4,12-13,16H2,1H3,(H,25,30)(H,27,29)(H,28,31). The average molecular weight is 450 g/mol. The first kappa shape index (κ1) is 23.6. The minimum Gasteiger partial charge on any atom is -0.459 e. The number of amides is 3. The van der Waals surface area contributed by atoms with Gasteiger partial charge in [0.2, 0.25) is 5.91 Å². The van der Waals surface area contributed by atoms with E-state index in [4.69, 9.17) is 9.15 Å². The van der Waals surface area contributed by atoms with Crippen molar-refractivity contribution in [2.75, 3.05) is 42.8 Å². The van der Waals surface area contributed by atoms with E-state index >= 15 is 0 Å². The molecule has 0 saturated heterocycles. The first-order valence-corrected chi connectivity index (χ1v) is 10.4. The molecule has 172 valence electrons. The lowest BCUT2D eigenvalue weighted by Crippen LogP contribution is -2.25. The number of furan rings is 1. The maximum absolute atomic E-state index is 12.3. The summed E-state index contributed by atoms with van der Waals surface area (Å²) in [4.78, 5) is 36.5. The van der Waals surface area contributed by atoms with Crippen LogP contribution < -0.4 is 21.3 Å². The van der Waals surface area contributed by atoms with E-state index in [1.165, 1.54) is 6.26 Å². The third kappa shape index (κ3) is 7.51. The summed E-state index contributed by atoms with van der Waals surface area (Å²) >= 11 is 0. The van der Waals surface area contributed by atoms with Crippen molar-refractivity contribution in [1.29, 1.82) is 0 Å². The number of anilines is 3. The lowest BCUT2D eigenvalue weighted by molar-refractivity contribution is -0.114. The SMILES string of the molecule is COCCCNC(=O)c1ccc(NCC(=O)Nc2cccc(NC(=O)c3ccco3)c2)cc1. The Morgan fingerprint density at radius 1 is 0.879 bits per heavy atom. The molecule has 0 bridgehead atoms. The highest BCUT2D eigenvalue weighted by Crippen LogP contribution is 2.16. The van der Waals surface area contributed by atoms with Crippen LogP contribution in [-0.2, 0) is 9.53 Å². The molecule has 9 nitrogen and oxygen atoms in total. The second kappa shape index (κ2) is 12.1. The van der Waals surface area contributed by atoms with Crippen molar-refractivity contribution in [1.82, 2.24) is 5.32 Å². The summed E-state index contributed by atoms with van der Waals surface area (Å²) in [5.41, 5.74) is 2.31. The molecule has 3 amide bonds. The molecule has 0 spiro atoms. The zero-order chi connectivity index (χ0) is 23.5. The third-order valence-corrected chi connectivity index (χ3v) is 4.56. The number of rotatable bonds is 11. The summed E-state index contributed by atoms with van der Waals surface area (Å²) in [5, 5.41) is 11.3. The number of nitrogens with one attached hydrogen (secondary N) is 4. The summed E-state index contributed by atoms with van der Waals surface area (Å²) in [6, 6.07) is 16.9. The van der Waals surface area contributed by atoms with Crippen molar-refractivity contribution in [3.05, 3.63) is 78.3 Å². The van der Waals surface area contributed by atoms with Crippen LogP contribution in [0.15, 0.2) is 71.3 Å². The van der Waals surface area contributed by atoms with Crippen LogP contribution in [-0.4, -0.2) is 44.5 Å². The van der Waals surface area contributed by atoms with Gasteiger partial charge in [-0.25, -0.2) is 0 Å².